The maximum absolute atomic E-state index is 13.2. The summed E-state index contributed by atoms with van der Waals surface area (Å²) in [6, 6.07) is 16.5. The van der Waals surface area contributed by atoms with Crippen molar-refractivity contribution in [3.63, 3.8) is 0 Å². The first-order valence-corrected chi connectivity index (χ1v) is 26.6. The molecule has 0 aliphatic carbocycles. The van der Waals surface area contributed by atoms with Gasteiger partial charge >= 0.3 is 0 Å². The van der Waals surface area contributed by atoms with Gasteiger partial charge in [0.1, 0.15) is 24.0 Å². The molecule has 1 atom stereocenters. The molecule has 4 aliphatic rings. The number of unbranched alkanes of at least 4 members (excludes halogenated alkanes) is 1. The summed E-state index contributed by atoms with van der Waals surface area (Å²) in [5.41, 5.74) is 4.92. The third-order valence-corrected chi connectivity index (χ3v) is 14.9. The van der Waals surface area contributed by atoms with E-state index < -0.39 is 19.1 Å². The molecule has 8 rings (SSSR count). The quantitative estimate of drug-likeness (QED) is 0.0316. The average Bonchev–Trinajstić information content (AvgIpc) is 3.68. The number of piperidine rings is 2. The van der Waals surface area contributed by atoms with Gasteiger partial charge in [-0.15, -0.1) is 0 Å². The van der Waals surface area contributed by atoms with Crippen LogP contribution in [0, 0.1) is 11.8 Å². The van der Waals surface area contributed by atoms with E-state index in [1.807, 2.05) is 61.5 Å². The number of anilines is 6. The number of imide groups is 1. The number of hydrogen-bond donors (Lipinski definition) is 4. The number of nitrogens with zero attached hydrogens (tertiary/aromatic N) is 6. The number of aromatic nitrogens is 2. The second-order valence-corrected chi connectivity index (χ2v) is 21.7. The molecule has 3 fully saturated rings. The van der Waals surface area contributed by atoms with E-state index in [9.17, 15) is 23.7 Å². The second kappa shape index (κ2) is 22.0. The third-order valence-electron chi connectivity index (χ3n) is 13.1. The third kappa shape index (κ3) is 11.8. The number of para-hydroxylation sites is 1. The second-order valence-electron chi connectivity index (χ2n) is 18.1. The summed E-state index contributed by atoms with van der Waals surface area (Å²) in [6.07, 6.45) is 9.77. The Balaban J connectivity index is 0.855. The molecule has 4 N–H and O–H groups in total. The number of piperazine rings is 1. The fourth-order valence-corrected chi connectivity index (χ4v) is 10.8. The van der Waals surface area contributed by atoms with Gasteiger partial charge in [0.05, 0.1) is 36.1 Å². The predicted octanol–water partition coefficient (Wildman–Crippen LogP) is 6.96. The fourth-order valence-electron chi connectivity index (χ4n) is 9.48. The number of methoxy groups -OCH3 is 1. The van der Waals surface area contributed by atoms with Gasteiger partial charge in [-0.2, -0.15) is 4.98 Å². The van der Waals surface area contributed by atoms with Crippen molar-refractivity contribution in [2.24, 2.45) is 0 Å². The van der Waals surface area contributed by atoms with Crippen LogP contribution in [0.4, 0.5) is 34.5 Å². The van der Waals surface area contributed by atoms with Gasteiger partial charge in [0.15, 0.2) is 5.82 Å². The molecule has 3 saturated heterocycles. The smallest absolute Gasteiger partial charge is 0.255 e. The van der Waals surface area contributed by atoms with Crippen molar-refractivity contribution in [3.05, 3.63) is 94.7 Å². The van der Waals surface area contributed by atoms with Crippen LogP contribution < -0.4 is 36.2 Å². The Kier molecular flexibility index (Phi) is 15.7. The van der Waals surface area contributed by atoms with Crippen LogP contribution in [0.15, 0.2) is 72.9 Å². The highest BCUT2D eigenvalue weighted by Gasteiger charge is 2.40. The number of rotatable bonds is 15. The van der Waals surface area contributed by atoms with E-state index in [2.05, 4.69) is 57.8 Å². The van der Waals surface area contributed by atoms with E-state index in [0.29, 0.717) is 58.5 Å². The standard InChI is InChI=1S/C51H60ClN10O6P/c1-5-6-18-46(63)54-40-30-41(56-51-53-32-38(52)48(58-51)55-39-16-9-10-17-45(39)69(3,4)67)44(68-2)31-43(40)61-24-21-35(22-25-61)60-28-26-59(27-29-60)23-11-7-8-13-34-14-12-15-36-37(34)33-62(50(36)66)42-19-20-47(64)57-49(42)65/h6,9-10,12,14-18,30-32,35,42H,5,7,11,19-29,33H2,1-4H3,(H,54,63)(H,57,64,65)(H2,53,55,56,58)/b18-6+. The number of carbonyl (C=O) groups excluding carboxylic acids is 4. The molecule has 362 valence electrons. The van der Waals surface area contributed by atoms with E-state index in [-0.39, 0.29) is 35.1 Å². The van der Waals surface area contributed by atoms with Gasteiger partial charge in [-0.3, -0.25) is 29.4 Å². The number of fused-ring (bicyclic) bond motifs is 1. The van der Waals surface area contributed by atoms with Gasteiger partial charge in [-0.1, -0.05) is 54.6 Å². The number of nitrogens with one attached hydrogen (secondary N) is 4. The SMILES string of the molecule is CC/C=C/C(=O)Nc1cc(Nc2ncc(Cl)c(Nc3ccccc3P(C)(C)=O)n2)c(OC)cc1N1CCC(N2CCN(CCCC#Cc3cccc4c3CN(C3CCC(=O)NC3=O)C4=O)CC2)CC1. The van der Waals surface area contributed by atoms with Crippen molar-refractivity contribution in [3.8, 4) is 17.6 Å². The fraction of sp³-hybridized carbons (Fsp3) is 0.412. The van der Waals surface area contributed by atoms with Gasteiger partial charge in [0.2, 0.25) is 23.7 Å². The molecule has 0 bridgehead atoms. The monoisotopic (exact) mass is 974 g/mol. The minimum absolute atomic E-state index is 0.189. The molecular formula is C51H60ClN10O6P. The van der Waals surface area contributed by atoms with E-state index >= 15 is 0 Å². The molecule has 0 saturated carbocycles. The van der Waals surface area contributed by atoms with Crippen LogP contribution in [0.2, 0.25) is 5.02 Å². The molecule has 18 heteroatoms. The molecule has 4 amide bonds. The Hall–Kier alpha value is -6.24. The lowest BCUT2D eigenvalue weighted by Gasteiger charge is -2.43. The van der Waals surface area contributed by atoms with Crippen LogP contribution in [0.5, 0.6) is 5.75 Å². The van der Waals surface area contributed by atoms with Gasteiger partial charge in [0.25, 0.3) is 5.91 Å². The molecule has 16 nitrogen and oxygen atoms in total. The maximum Gasteiger partial charge on any atom is 0.255 e. The number of halogens is 1. The highest BCUT2D eigenvalue weighted by molar-refractivity contribution is 7.70. The molecule has 69 heavy (non-hydrogen) atoms. The van der Waals surface area contributed by atoms with Crippen molar-refractivity contribution in [1.82, 2.24) is 30.0 Å². The first-order chi connectivity index (χ1) is 33.3. The normalized spacial score (nSPS) is 18.2. The van der Waals surface area contributed by atoms with E-state index in [1.165, 1.54) is 6.20 Å². The summed E-state index contributed by atoms with van der Waals surface area (Å²) >= 11 is 6.56. The zero-order valence-corrected chi connectivity index (χ0v) is 41.3. The molecule has 3 aromatic carbocycles. The van der Waals surface area contributed by atoms with Crippen LogP contribution in [-0.4, -0.2) is 127 Å². The summed E-state index contributed by atoms with van der Waals surface area (Å²) in [4.78, 5) is 68.7. The van der Waals surface area contributed by atoms with Crippen LogP contribution >= 0.6 is 18.7 Å². The lowest BCUT2D eigenvalue weighted by molar-refractivity contribution is -0.137. The van der Waals surface area contributed by atoms with E-state index in [4.69, 9.17) is 16.3 Å². The van der Waals surface area contributed by atoms with Crippen molar-refractivity contribution < 1.29 is 28.5 Å². The highest BCUT2D eigenvalue weighted by atomic mass is 35.5. The minimum Gasteiger partial charge on any atom is -0.494 e. The summed E-state index contributed by atoms with van der Waals surface area (Å²) in [7, 11) is -1.01. The van der Waals surface area contributed by atoms with Crippen LogP contribution in [0.3, 0.4) is 0 Å². The molecule has 1 unspecified atom stereocenters. The predicted molar refractivity (Wildman–Crippen MR) is 272 cm³/mol. The van der Waals surface area contributed by atoms with E-state index in [0.717, 1.165) is 94.7 Å². The summed E-state index contributed by atoms with van der Waals surface area (Å²) in [5, 5.41) is 13.0. The molecular weight excluding hydrogens is 915 g/mol. The van der Waals surface area contributed by atoms with E-state index in [1.54, 1.807) is 37.5 Å². The van der Waals surface area contributed by atoms with Crippen molar-refractivity contribution >= 4 is 82.2 Å². The van der Waals surface area contributed by atoms with Crippen LogP contribution in [0.1, 0.15) is 73.4 Å². The Morgan fingerprint density at radius 3 is 2.49 bits per heavy atom. The molecule has 0 radical (unpaired) electrons. The number of allylic oxidation sites excluding steroid dienone is 1. The lowest BCUT2D eigenvalue weighted by atomic mass is 10.0. The van der Waals surface area contributed by atoms with Gasteiger partial charge in [0, 0.05) is 87.2 Å². The van der Waals surface area contributed by atoms with Crippen molar-refractivity contribution in [2.45, 2.75) is 70.5 Å². The Labute approximate surface area is 409 Å². The van der Waals surface area contributed by atoms with Crippen LogP contribution in [-0.2, 0) is 25.5 Å². The maximum atomic E-state index is 13.2. The Morgan fingerprint density at radius 2 is 1.75 bits per heavy atom. The first-order valence-electron chi connectivity index (χ1n) is 23.7. The van der Waals surface area contributed by atoms with Crippen molar-refractivity contribution in [2.75, 3.05) is 87.1 Å². The number of benzene rings is 3. The first kappa shape index (κ1) is 49.2. The zero-order chi connectivity index (χ0) is 48.7. The molecule has 1 aromatic heterocycles. The molecule has 4 aromatic rings. The number of hydrogen-bond acceptors (Lipinski definition) is 13. The Bertz CT molecular complexity index is 2740. The minimum atomic E-state index is -2.61. The molecule has 4 aliphatic heterocycles. The number of amides is 4. The van der Waals surface area contributed by atoms with Gasteiger partial charge in [-0.05, 0) is 93.9 Å². The number of carbonyl (C=O) groups is 4. The molecule has 5 heterocycles. The lowest BCUT2D eigenvalue weighted by Crippen LogP contribution is -2.53. The van der Waals surface area contributed by atoms with Crippen LogP contribution in [0.25, 0.3) is 0 Å². The van der Waals surface area contributed by atoms with Gasteiger partial charge in [-0.25, -0.2) is 4.98 Å². The summed E-state index contributed by atoms with van der Waals surface area (Å²) in [5.74, 6) is 6.62. The zero-order valence-electron chi connectivity index (χ0n) is 39.6. The summed E-state index contributed by atoms with van der Waals surface area (Å²) < 4.78 is 19.0. The Morgan fingerprint density at radius 1 is 0.971 bits per heavy atom. The van der Waals surface area contributed by atoms with Gasteiger partial charge < -0.3 is 40.0 Å². The summed E-state index contributed by atoms with van der Waals surface area (Å²) in [6.45, 7) is 12.3. The molecule has 0 spiro atoms. The number of ether oxygens (including phenoxy) is 1. The van der Waals surface area contributed by atoms with Crippen molar-refractivity contribution in [1.29, 1.82) is 0 Å². The average molecular weight is 976 g/mol. The highest BCUT2D eigenvalue weighted by Crippen LogP contribution is 2.41. The largest absolute Gasteiger partial charge is 0.494 e. The topological polar surface area (TPSA) is 181 Å².